The molecule has 0 aliphatic rings. The van der Waals surface area contributed by atoms with Crippen molar-refractivity contribution in [1.29, 1.82) is 0 Å². The maximum Gasteiger partial charge on any atom is 0.108 e. The van der Waals surface area contributed by atoms with Gasteiger partial charge in [0.05, 0.1) is 33.9 Å². The highest BCUT2D eigenvalue weighted by Gasteiger charge is 2.23. The molecule has 0 saturated heterocycles. The first kappa shape index (κ1) is 14.1. The van der Waals surface area contributed by atoms with Gasteiger partial charge in [0.1, 0.15) is 6.04 Å². The summed E-state index contributed by atoms with van der Waals surface area (Å²) in [4.78, 5) is 8.64. The highest BCUT2D eigenvalue weighted by molar-refractivity contribution is 9.10. The van der Waals surface area contributed by atoms with Gasteiger partial charge in [-0.1, -0.05) is 0 Å². The quantitative estimate of drug-likeness (QED) is 0.662. The van der Waals surface area contributed by atoms with Crippen molar-refractivity contribution in [3.05, 3.63) is 40.1 Å². The molecule has 0 radical (unpaired) electrons. The predicted octanol–water partition coefficient (Wildman–Crippen LogP) is 1.88. The molecule has 1 atom stereocenters. The van der Waals surface area contributed by atoms with Crippen molar-refractivity contribution in [2.75, 3.05) is 0 Å². The predicted molar refractivity (Wildman–Crippen MR) is 76.2 cm³/mol. The Morgan fingerprint density at radius 2 is 2.00 bits per heavy atom. The van der Waals surface area contributed by atoms with Gasteiger partial charge in [0.25, 0.3) is 0 Å². The third-order valence-electron chi connectivity index (χ3n) is 2.81. The van der Waals surface area contributed by atoms with Crippen molar-refractivity contribution in [3.8, 4) is 0 Å². The average Bonchev–Trinajstić information content (AvgIpc) is 2.75. The molecule has 2 aromatic heterocycles. The molecule has 0 spiro atoms. The van der Waals surface area contributed by atoms with Gasteiger partial charge in [-0.15, -0.1) is 0 Å². The lowest BCUT2D eigenvalue weighted by molar-refractivity contribution is 0.471. The number of nitrogens with two attached hydrogens (primary N) is 1. The number of rotatable bonds is 4. The highest BCUT2D eigenvalue weighted by Crippen LogP contribution is 2.28. The fourth-order valence-electron chi connectivity index (χ4n) is 1.89. The van der Waals surface area contributed by atoms with Crippen molar-refractivity contribution in [2.45, 2.75) is 32.9 Å². The molecular weight excluding hydrogens is 308 g/mol. The molecule has 1 unspecified atom stereocenters. The number of aryl methyl sites for hydroxylation is 1. The van der Waals surface area contributed by atoms with Crippen LogP contribution in [0.2, 0.25) is 0 Å². The highest BCUT2D eigenvalue weighted by atomic mass is 79.9. The smallest absolute Gasteiger partial charge is 0.108 e. The molecule has 2 heterocycles. The van der Waals surface area contributed by atoms with Crippen molar-refractivity contribution in [3.63, 3.8) is 0 Å². The molecule has 102 valence electrons. The minimum absolute atomic E-state index is 0.232. The van der Waals surface area contributed by atoms with Crippen LogP contribution >= 0.6 is 15.9 Å². The van der Waals surface area contributed by atoms with Crippen LogP contribution in [-0.4, -0.2) is 19.7 Å². The summed E-state index contributed by atoms with van der Waals surface area (Å²) in [7, 11) is 0. The summed E-state index contributed by atoms with van der Waals surface area (Å²) >= 11 is 3.51. The molecule has 2 aromatic rings. The lowest BCUT2D eigenvalue weighted by Crippen LogP contribution is -2.32. The van der Waals surface area contributed by atoms with Crippen molar-refractivity contribution >= 4 is 15.9 Å². The van der Waals surface area contributed by atoms with Crippen LogP contribution < -0.4 is 11.3 Å². The molecule has 6 nitrogen and oxygen atoms in total. The van der Waals surface area contributed by atoms with E-state index in [1.165, 1.54) is 0 Å². The standard InChI is InChI=1S/C12H17BrN6/c1-7(2)19-12(9(13)5-17-19)11(18-14)10-6-15-8(3)4-16-10/h4-7,11,18H,14H2,1-3H3. The number of halogens is 1. The first-order valence-corrected chi connectivity index (χ1v) is 6.81. The number of hydrogen-bond acceptors (Lipinski definition) is 5. The zero-order valence-corrected chi connectivity index (χ0v) is 12.7. The normalized spacial score (nSPS) is 12.9. The summed E-state index contributed by atoms with van der Waals surface area (Å²) in [5, 5.41) is 4.35. The number of nitrogens with one attached hydrogen (secondary N) is 1. The third-order valence-corrected chi connectivity index (χ3v) is 3.42. The van der Waals surface area contributed by atoms with Gasteiger partial charge in [-0.3, -0.25) is 20.5 Å². The van der Waals surface area contributed by atoms with E-state index in [1.807, 2.05) is 11.6 Å². The van der Waals surface area contributed by atoms with Gasteiger partial charge in [0, 0.05) is 12.2 Å². The van der Waals surface area contributed by atoms with E-state index in [0.717, 1.165) is 21.6 Å². The van der Waals surface area contributed by atoms with Crippen LogP contribution in [0, 0.1) is 6.92 Å². The molecule has 0 amide bonds. The van der Waals surface area contributed by atoms with Gasteiger partial charge < -0.3 is 0 Å². The van der Waals surface area contributed by atoms with Crippen LogP contribution in [0.3, 0.4) is 0 Å². The maximum absolute atomic E-state index is 5.69. The Morgan fingerprint density at radius 3 is 2.53 bits per heavy atom. The first-order valence-electron chi connectivity index (χ1n) is 6.02. The minimum atomic E-state index is -0.257. The molecule has 3 N–H and O–H groups in total. The van der Waals surface area contributed by atoms with Crippen LogP contribution in [0.5, 0.6) is 0 Å². The number of nitrogens with zero attached hydrogens (tertiary/aromatic N) is 4. The van der Waals surface area contributed by atoms with E-state index in [1.54, 1.807) is 18.6 Å². The van der Waals surface area contributed by atoms with Gasteiger partial charge >= 0.3 is 0 Å². The van der Waals surface area contributed by atoms with E-state index in [-0.39, 0.29) is 12.1 Å². The Morgan fingerprint density at radius 1 is 1.26 bits per heavy atom. The van der Waals surface area contributed by atoms with Crippen LogP contribution in [0.15, 0.2) is 23.1 Å². The molecule has 2 rings (SSSR count). The molecule has 7 heteroatoms. The number of hydrazine groups is 1. The van der Waals surface area contributed by atoms with E-state index in [2.05, 4.69) is 50.3 Å². The summed E-state index contributed by atoms with van der Waals surface area (Å²) in [6.45, 7) is 6.03. The fourth-order valence-corrected chi connectivity index (χ4v) is 2.39. The summed E-state index contributed by atoms with van der Waals surface area (Å²) in [5.74, 6) is 5.69. The van der Waals surface area contributed by atoms with Gasteiger partial charge in [-0.2, -0.15) is 5.10 Å². The van der Waals surface area contributed by atoms with Crippen LogP contribution in [-0.2, 0) is 0 Å². The van der Waals surface area contributed by atoms with Gasteiger partial charge in [0.2, 0.25) is 0 Å². The maximum atomic E-state index is 5.69. The van der Waals surface area contributed by atoms with Crippen LogP contribution in [0.25, 0.3) is 0 Å². The lowest BCUT2D eigenvalue weighted by atomic mass is 10.1. The van der Waals surface area contributed by atoms with E-state index in [0.29, 0.717) is 0 Å². The van der Waals surface area contributed by atoms with Crippen molar-refractivity contribution < 1.29 is 0 Å². The zero-order chi connectivity index (χ0) is 14.0. The van der Waals surface area contributed by atoms with Crippen LogP contribution in [0.4, 0.5) is 0 Å². The summed E-state index contributed by atoms with van der Waals surface area (Å²) in [5.41, 5.74) is 5.36. The van der Waals surface area contributed by atoms with Gasteiger partial charge in [-0.05, 0) is 36.7 Å². The second kappa shape index (κ2) is 5.77. The second-order valence-corrected chi connectivity index (χ2v) is 5.45. The zero-order valence-electron chi connectivity index (χ0n) is 11.1. The van der Waals surface area contributed by atoms with E-state index in [4.69, 9.17) is 5.84 Å². The number of hydrogen-bond donors (Lipinski definition) is 2. The summed E-state index contributed by atoms with van der Waals surface area (Å²) < 4.78 is 2.81. The van der Waals surface area contributed by atoms with Gasteiger partial charge in [0.15, 0.2) is 0 Å². The fraction of sp³-hybridized carbons (Fsp3) is 0.417. The average molecular weight is 325 g/mol. The van der Waals surface area contributed by atoms with Crippen molar-refractivity contribution in [1.82, 2.24) is 25.2 Å². The first-order chi connectivity index (χ1) is 9.04. The molecule has 0 aromatic carbocycles. The van der Waals surface area contributed by atoms with E-state index < -0.39 is 0 Å². The topological polar surface area (TPSA) is 81.6 Å². The second-order valence-electron chi connectivity index (χ2n) is 4.60. The Bertz CT molecular complexity index is 548. The molecule has 0 aliphatic heterocycles. The Kier molecular flexibility index (Phi) is 4.28. The minimum Gasteiger partial charge on any atom is -0.270 e. The Balaban J connectivity index is 2.47. The Hall–Kier alpha value is -1.31. The number of aromatic nitrogens is 4. The monoisotopic (exact) mass is 324 g/mol. The SMILES string of the molecule is Cc1cnc(C(NN)c2c(Br)cnn2C(C)C)cn1. The largest absolute Gasteiger partial charge is 0.270 e. The van der Waals surface area contributed by atoms with E-state index >= 15 is 0 Å². The van der Waals surface area contributed by atoms with Crippen LogP contribution in [0.1, 0.15) is 43.0 Å². The molecule has 0 saturated carbocycles. The third kappa shape index (κ3) is 2.83. The van der Waals surface area contributed by atoms with Gasteiger partial charge in [-0.25, -0.2) is 5.43 Å². The molecule has 0 fully saturated rings. The summed E-state index contributed by atoms with van der Waals surface area (Å²) in [6, 6.07) is -0.0251. The Labute approximate surface area is 120 Å². The van der Waals surface area contributed by atoms with Crippen molar-refractivity contribution in [2.24, 2.45) is 5.84 Å². The molecule has 0 bridgehead atoms. The lowest BCUT2D eigenvalue weighted by Gasteiger charge is -2.19. The van der Waals surface area contributed by atoms with E-state index in [9.17, 15) is 0 Å². The molecule has 0 aliphatic carbocycles. The summed E-state index contributed by atoms with van der Waals surface area (Å²) in [6.07, 6.45) is 5.22. The molecule has 19 heavy (non-hydrogen) atoms. The molecular formula is C12H17BrN6.